The van der Waals surface area contributed by atoms with Gasteiger partial charge < -0.3 is 5.32 Å². The summed E-state index contributed by atoms with van der Waals surface area (Å²) in [6.07, 6.45) is 5.98. The summed E-state index contributed by atoms with van der Waals surface area (Å²) in [5.74, 6) is 0.763. The van der Waals surface area contributed by atoms with Crippen LogP contribution in [0, 0.1) is 5.92 Å². The third-order valence-corrected chi connectivity index (χ3v) is 2.35. The fourth-order valence-electron chi connectivity index (χ4n) is 1.63. The van der Waals surface area contributed by atoms with Gasteiger partial charge in [-0.15, -0.1) is 12.4 Å². The molecule has 1 saturated heterocycles. The Bertz CT molecular complexity index is 218. The van der Waals surface area contributed by atoms with Gasteiger partial charge in [0.1, 0.15) is 0 Å². The number of nitrogens with zero attached hydrogens (tertiary/aromatic N) is 3. The maximum Gasteiger partial charge on any atom is 0.0693 e. The molecule has 0 unspecified atom stereocenters. The lowest BCUT2D eigenvalue weighted by Gasteiger charge is -2.21. The Hall–Kier alpha value is -0.610. The minimum atomic E-state index is 0. The molecular weight excluding hydrogens is 188 g/mol. The highest BCUT2D eigenvalue weighted by atomic mass is 35.5. The Balaban J connectivity index is 0.000000845. The van der Waals surface area contributed by atoms with Crippen LogP contribution in [-0.2, 0) is 6.54 Å². The summed E-state index contributed by atoms with van der Waals surface area (Å²) in [4.78, 5) is 1.79. The summed E-state index contributed by atoms with van der Waals surface area (Å²) < 4.78 is 0. The molecule has 74 valence electrons. The van der Waals surface area contributed by atoms with Crippen LogP contribution in [0.1, 0.15) is 12.8 Å². The number of halogens is 1. The summed E-state index contributed by atoms with van der Waals surface area (Å²) >= 11 is 0. The summed E-state index contributed by atoms with van der Waals surface area (Å²) in [7, 11) is 0. The molecule has 1 aromatic heterocycles. The first-order chi connectivity index (χ1) is 5.95. The van der Waals surface area contributed by atoms with Crippen LogP contribution >= 0.6 is 12.4 Å². The van der Waals surface area contributed by atoms with Crippen molar-refractivity contribution in [1.29, 1.82) is 0 Å². The molecule has 0 atom stereocenters. The van der Waals surface area contributed by atoms with Crippen molar-refractivity contribution in [3.05, 3.63) is 12.4 Å². The number of hydrogen-bond donors (Lipinski definition) is 1. The molecule has 1 fully saturated rings. The number of hydrogen-bond acceptors (Lipinski definition) is 3. The van der Waals surface area contributed by atoms with Gasteiger partial charge in [-0.2, -0.15) is 15.0 Å². The van der Waals surface area contributed by atoms with Gasteiger partial charge in [0.2, 0.25) is 0 Å². The van der Waals surface area contributed by atoms with E-state index in [4.69, 9.17) is 0 Å². The van der Waals surface area contributed by atoms with Crippen LogP contribution in [0.25, 0.3) is 0 Å². The van der Waals surface area contributed by atoms with E-state index >= 15 is 0 Å². The fraction of sp³-hybridized carbons (Fsp3) is 0.750. The first kappa shape index (κ1) is 10.5. The minimum absolute atomic E-state index is 0. The van der Waals surface area contributed by atoms with Gasteiger partial charge in [0, 0.05) is 0 Å². The summed E-state index contributed by atoms with van der Waals surface area (Å²) in [6, 6.07) is 0. The highest BCUT2D eigenvalue weighted by molar-refractivity contribution is 5.85. The van der Waals surface area contributed by atoms with Crippen LogP contribution in [0.2, 0.25) is 0 Å². The average Bonchev–Trinajstić information content (AvgIpc) is 2.59. The number of aromatic nitrogens is 3. The van der Waals surface area contributed by atoms with Crippen LogP contribution in [0.15, 0.2) is 12.4 Å². The first-order valence-corrected chi connectivity index (χ1v) is 4.50. The third kappa shape index (κ3) is 2.97. The predicted molar refractivity (Wildman–Crippen MR) is 52.9 cm³/mol. The van der Waals surface area contributed by atoms with Gasteiger partial charge in [0.25, 0.3) is 0 Å². The lowest BCUT2D eigenvalue weighted by atomic mass is 9.99. The van der Waals surface area contributed by atoms with E-state index in [0.717, 1.165) is 25.6 Å². The lowest BCUT2D eigenvalue weighted by molar-refractivity contribution is 0.305. The largest absolute Gasteiger partial charge is 0.317 e. The molecule has 0 aliphatic carbocycles. The van der Waals surface area contributed by atoms with E-state index in [1.165, 1.54) is 12.8 Å². The van der Waals surface area contributed by atoms with E-state index in [9.17, 15) is 0 Å². The quantitative estimate of drug-likeness (QED) is 0.768. The number of nitrogens with one attached hydrogen (secondary N) is 1. The SMILES string of the molecule is Cl.c1cnn(CC2CCNCC2)n1. The van der Waals surface area contributed by atoms with E-state index in [1.54, 1.807) is 17.2 Å². The predicted octanol–water partition coefficient (Wildman–Crippen LogP) is 0.699. The molecule has 5 heteroatoms. The summed E-state index contributed by atoms with van der Waals surface area (Å²) in [5, 5.41) is 11.5. The van der Waals surface area contributed by atoms with Crippen molar-refractivity contribution in [2.45, 2.75) is 19.4 Å². The Labute approximate surface area is 84.1 Å². The maximum absolute atomic E-state index is 4.10. The smallest absolute Gasteiger partial charge is 0.0693 e. The van der Waals surface area contributed by atoms with Crippen molar-refractivity contribution in [3.63, 3.8) is 0 Å². The Morgan fingerprint density at radius 3 is 2.46 bits per heavy atom. The normalized spacial score (nSPS) is 18.2. The zero-order valence-corrected chi connectivity index (χ0v) is 8.33. The van der Waals surface area contributed by atoms with Gasteiger partial charge in [-0.1, -0.05) is 0 Å². The molecule has 1 aliphatic heterocycles. The molecule has 0 bridgehead atoms. The van der Waals surface area contributed by atoms with Crippen LogP contribution in [0.4, 0.5) is 0 Å². The summed E-state index contributed by atoms with van der Waals surface area (Å²) in [6.45, 7) is 3.27. The molecule has 0 spiro atoms. The Morgan fingerprint density at radius 2 is 1.85 bits per heavy atom. The second-order valence-corrected chi connectivity index (χ2v) is 3.28. The Kier molecular flexibility index (Phi) is 4.18. The highest BCUT2D eigenvalue weighted by Crippen LogP contribution is 2.12. The summed E-state index contributed by atoms with van der Waals surface area (Å²) in [5.41, 5.74) is 0. The second kappa shape index (κ2) is 5.19. The van der Waals surface area contributed by atoms with Crippen LogP contribution in [0.3, 0.4) is 0 Å². The topological polar surface area (TPSA) is 42.7 Å². The lowest BCUT2D eigenvalue weighted by Crippen LogP contribution is -2.30. The monoisotopic (exact) mass is 202 g/mol. The van der Waals surface area contributed by atoms with Gasteiger partial charge in [0.15, 0.2) is 0 Å². The van der Waals surface area contributed by atoms with Crippen LogP contribution in [-0.4, -0.2) is 28.1 Å². The molecule has 0 radical (unpaired) electrons. The fourth-order valence-corrected chi connectivity index (χ4v) is 1.63. The zero-order valence-electron chi connectivity index (χ0n) is 7.52. The van der Waals surface area contributed by atoms with Crippen molar-refractivity contribution in [3.8, 4) is 0 Å². The van der Waals surface area contributed by atoms with Crippen LogP contribution < -0.4 is 5.32 Å². The molecule has 13 heavy (non-hydrogen) atoms. The molecule has 4 nitrogen and oxygen atoms in total. The van der Waals surface area contributed by atoms with Gasteiger partial charge in [0.05, 0.1) is 18.9 Å². The van der Waals surface area contributed by atoms with Crippen molar-refractivity contribution in [2.24, 2.45) is 5.92 Å². The third-order valence-electron chi connectivity index (χ3n) is 2.35. The van der Waals surface area contributed by atoms with E-state index in [1.807, 2.05) is 0 Å². The maximum atomic E-state index is 4.10. The van der Waals surface area contributed by atoms with Crippen molar-refractivity contribution in [2.75, 3.05) is 13.1 Å². The van der Waals surface area contributed by atoms with Gasteiger partial charge in [-0.05, 0) is 31.8 Å². The van der Waals surface area contributed by atoms with Gasteiger partial charge in [-0.3, -0.25) is 0 Å². The van der Waals surface area contributed by atoms with Gasteiger partial charge >= 0.3 is 0 Å². The highest BCUT2D eigenvalue weighted by Gasteiger charge is 2.13. The molecule has 0 saturated carbocycles. The number of rotatable bonds is 2. The molecule has 1 N–H and O–H groups in total. The molecule has 0 aromatic carbocycles. The standard InChI is InChI=1S/C8H14N4.ClH/c1-3-9-4-2-8(1)7-12-10-5-6-11-12;/h5-6,8-9H,1-4,7H2;1H. The van der Waals surface area contributed by atoms with Crippen LogP contribution in [0.5, 0.6) is 0 Å². The molecule has 1 aromatic rings. The van der Waals surface area contributed by atoms with Crippen molar-refractivity contribution in [1.82, 2.24) is 20.3 Å². The molecule has 1 aliphatic rings. The first-order valence-electron chi connectivity index (χ1n) is 4.50. The van der Waals surface area contributed by atoms with E-state index in [2.05, 4.69) is 15.5 Å². The minimum Gasteiger partial charge on any atom is -0.317 e. The molecule has 2 rings (SSSR count). The van der Waals surface area contributed by atoms with E-state index in [-0.39, 0.29) is 12.4 Å². The molecular formula is C8H15ClN4. The van der Waals surface area contributed by atoms with Gasteiger partial charge in [-0.25, -0.2) is 0 Å². The second-order valence-electron chi connectivity index (χ2n) is 3.28. The average molecular weight is 203 g/mol. The molecule has 0 amide bonds. The molecule has 2 heterocycles. The zero-order chi connectivity index (χ0) is 8.23. The van der Waals surface area contributed by atoms with E-state index < -0.39 is 0 Å². The number of piperidine rings is 1. The van der Waals surface area contributed by atoms with Crippen molar-refractivity contribution < 1.29 is 0 Å². The van der Waals surface area contributed by atoms with E-state index in [0.29, 0.717) is 0 Å². The van der Waals surface area contributed by atoms with Crippen molar-refractivity contribution >= 4 is 12.4 Å². The Morgan fingerprint density at radius 1 is 1.23 bits per heavy atom.